The second-order valence-electron chi connectivity index (χ2n) is 6.29. The van der Waals surface area contributed by atoms with Crippen molar-refractivity contribution in [2.24, 2.45) is 0 Å². The van der Waals surface area contributed by atoms with Crippen LogP contribution in [0.15, 0.2) is 42.5 Å². The predicted octanol–water partition coefficient (Wildman–Crippen LogP) is 4.13. The van der Waals surface area contributed by atoms with Gasteiger partial charge in [-0.3, -0.25) is 9.69 Å². The van der Waals surface area contributed by atoms with E-state index in [-0.39, 0.29) is 11.9 Å². The fourth-order valence-corrected chi connectivity index (χ4v) is 3.51. The Balaban J connectivity index is 1.70. The fraction of sp³-hybridized carbons (Fsp3) is 0.350. The lowest BCUT2D eigenvalue weighted by molar-refractivity contribution is -0.117. The summed E-state index contributed by atoms with van der Waals surface area (Å²) in [4.78, 5) is 14.6. The molecular formula is C20H23ClN2O3. The van der Waals surface area contributed by atoms with E-state index in [0.717, 1.165) is 42.1 Å². The molecule has 1 aliphatic rings. The summed E-state index contributed by atoms with van der Waals surface area (Å²) in [6, 6.07) is 13.1. The number of benzene rings is 2. The van der Waals surface area contributed by atoms with E-state index in [9.17, 15) is 4.79 Å². The molecule has 0 bridgehead atoms. The third-order valence-corrected chi connectivity index (χ3v) is 4.89. The Morgan fingerprint density at radius 2 is 1.96 bits per heavy atom. The molecule has 1 atom stereocenters. The summed E-state index contributed by atoms with van der Waals surface area (Å²) >= 11 is 5.88. The van der Waals surface area contributed by atoms with Crippen molar-refractivity contribution >= 4 is 23.2 Å². The molecule has 2 aromatic rings. The first-order valence-electron chi connectivity index (χ1n) is 8.62. The van der Waals surface area contributed by atoms with Gasteiger partial charge in [-0.05, 0) is 49.7 Å². The standard InChI is InChI=1S/C20H23ClN2O3/c1-25-16-9-10-17(19(12-16)26-2)18-4-3-11-23(18)13-20(24)22-15-7-5-14(21)6-8-15/h5-10,12,18H,3-4,11,13H2,1-2H3,(H,22,24)/t18-/m0/s1. The normalized spacial score (nSPS) is 17.1. The molecule has 26 heavy (non-hydrogen) atoms. The van der Waals surface area contributed by atoms with E-state index < -0.39 is 0 Å². The summed E-state index contributed by atoms with van der Waals surface area (Å²) in [5, 5.41) is 3.57. The SMILES string of the molecule is COc1ccc([C@@H]2CCCN2CC(=O)Nc2ccc(Cl)cc2)c(OC)c1. The van der Waals surface area contributed by atoms with Gasteiger partial charge in [0.1, 0.15) is 11.5 Å². The van der Waals surface area contributed by atoms with Crippen LogP contribution in [0, 0.1) is 0 Å². The number of amides is 1. The monoisotopic (exact) mass is 374 g/mol. The molecule has 1 aliphatic heterocycles. The number of methoxy groups -OCH3 is 2. The molecule has 6 heteroatoms. The van der Waals surface area contributed by atoms with Gasteiger partial charge in [-0.25, -0.2) is 0 Å². The molecule has 3 rings (SSSR count). The first-order chi connectivity index (χ1) is 12.6. The molecule has 1 fully saturated rings. The lowest BCUT2D eigenvalue weighted by Gasteiger charge is -2.25. The van der Waals surface area contributed by atoms with E-state index in [2.05, 4.69) is 10.2 Å². The van der Waals surface area contributed by atoms with Gasteiger partial charge < -0.3 is 14.8 Å². The smallest absolute Gasteiger partial charge is 0.238 e. The first-order valence-corrected chi connectivity index (χ1v) is 9.00. The van der Waals surface area contributed by atoms with Crippen LogP contribution >= 0.6 is 11.6 Å². The summed E-state index contributed by atoms with van der Waals surface area (Å²) in [6.07, 6.45) is 2.05. The van der Waals surface area contributed by atoms with Crippen molar-refractivity contribution in [1.29, 1.82) is 0 Å². The molecule has 2 aromatic carbocycles. The first kappa shape index (κ1) is 18.5. The lowest BCUT2D eigenvalue weighted by Crippen LogP contribution is -2.33. The van der Waals surface area contributed by atoms with Crippen LogP contribution in [-0.2, 0) is 4.79 Å². The van der Waals surface area contributed by atoms with Crippen LogP contribution < -0.4 is 14.8 Å². The summed E-state index contributed by atoms with van der Waals surface area (Å²) in [6.45, 7) is 1.22. The van der Waals surface area contributed by atoms with E-state index in [4.69, 9.17) is 21.1 Å². The number of hydrogen-bond donors (Lipinski definition) is 1. The van der Waals surface area contributed by atoms with Crippen LogP contribution in [0.5, 0.6) is 11.5 Å². The molecule has 1 N–H and O–H groups in total. The highest BCUT2D eigenvalue weighted by atomic mass is 35.5. The zero-order valence-corrected chi connectivity index (χ0v) is 15.8. The van der Waals surface area contributed by atoms with Gasteiger partial charge in [0.05, 0.1) is 20.8 Å². The van der Waals surface area contributed by atoms with Gasteiger partial charge in [0, 0.05) is 28.4 Å². The van der Waals surface area contributed by atoms with Crippen molar-refractivity contribution < 1.29 is 14.3 Å². The minimum absolute atomic E-state index is 0.0355. The van der Waals surface area contributed by atoms with Gasteiger partial charge in [-0.15, -0.1) is 0 Å². The number of nitrogens with one attached hydrogen (secondary N) is 1. The number of halogens is 1. The van der Waals surface area contributed by atoms with Gasteiger partial charge in [0.2, 0.25) is 5.91 Å². The van der Waals surface area contributed by atoms with E-state index in [1.807, 2.05) is 18.2 Å². The number of rotatable bonds is 6. The molecule has 0 aliphatic carbocycles. The average molecular weight is 375 g/mol. The Hall–Kier alpha value is -2.24. The third kappa shape index (κ3) is 4.29. The van der Waals surface area contributed by atoms with Crippen molar-refractivity contribution in [1.82, 2.24) is 4.90 Å². The second-order valence-corrected chi connectivity index (χ2v) is 6.73. The molecule has 1 saturated heterocycles. The maximum Gasteiger partial charge on any atom is 0.238 e. The zero-order valence-electron chi connectivity index (χ0n) is 15.0. The Kier molecular flexibility index (Phi) is 6.01. The fourth-order valence-electron chi connectivity index (χ4n) is 3.38. The summed E-state index contributed by atoms with van der Waals surface area (Å²) in [7, 11) is 3.29. The Labute approximate surface area is 158 Å². The van der Waals surface area contributed by atoms with Crippen molar-refractivity contribution in [2.45, 2.75) is 18.9 Å². The predicted molar refractivity (Wildman–Crippen MR) is 103 cm³/mol. The van der Waals surface area contributed by atoms with Crippen molar-refractivity contribution in [2.75, 3.05) is 32.6 Å². The number of carbonyl (C=O) groups excluding carboxylic acids is 1. The summed E-state index contributed by atoms with van der Waals surface area (Å²) in [5.41, 5.74) is 1.84. The van der Waals surface area contributed by atoms with Crippen LogP contribution in [0.25, 0.3) is 0 Å². The van der Waals surface area contributed by atoms with Crippen LogP contribution in [0.2, 0.25) is 5.02 Å². The number of likely N-dealkylation sites (tertiary alicyclic amines) is 1. The maximum atomic E-state index is 12.4. The Morgan fingerprint density at radius 1 is 1.19 bits per heavy atom. The van der Waals surface area contributed by atoms with Crippen LogP contribution in [-0.4, -0.2) is 38.1 Å². The number of carbonyl (C=O) groups is 1. The van der Waals surface area contributed by atoms with E-state index in [0.29, 0.717) is 11.6 Å². The molecule has 1 heterocycles. The molecule has 0 aromatic heterocycles. The number of nitrogens with zero attached hydrogens (tertiary/aromatic N) is 1. The van der Waals surface area contributed by atoms with E-state index in [1.54, 1.807) is 38.5 Å². The van der Waals surface area contributed by atoms with Crippen molar-refractivity contribution in [3.8, 4) is 11.5 Å². The molecule has 0 unspecified atom stereocenters. The number of ether oxygens (including phenoxy) is 2. The Morgan fingerprint density at radius 3 is 2.65 bits per heavy atom. The summed E-state index contributed by atoms with van der Waals surface area (Å²) in [5.74, 6) is 1.52. The highest BCUT2D eigenvalue weighted by Gasteiger charge is 2.29. The van der Waals surface area contributed by atoms with Crippen molar-refractivity contribution in [3.05, 3.63) is 53.1 Å². The quantitative estimate of drug-likeness (QED) is 0.825. The molecule has 5 nitrogen and oxygen atoms in total. The number of hydrogen-bond acceptors (Lipinski definition) is 4. The number of anilines is 1. The molecule has 138 valence electrons. The van der Waals surface area contributed by atoms with Gasteiger partial charge in [-0.2, -0.15) is 0 Å². The molecule has 0 spiro atoms. The van der Waals surface area contributed by atoms with Crippen LogP contribution in [0.1, 0.15) is 24.4 Å². The van der Waals surface area contributed by atoms with Gasteiger partial charge in [0.15, 0.2) is 0 Å². The lowest BCUT2D eigenvalue weighted by atomic mass is 10.0. The Bertz CT molecular complexity index is 764. The third-order valence-electron chi connectivity index (χ3n) is 4.64. The highest BCUT2D eigenvalue weighted by Crippen LogP contribution is 2.38. The zero-order chi connectivity index (χ0) is 18.5. The van der Waals surface area contributed by atoms with Gasteiger partial charge in [-0.1, -0.05) is 17.7 Å². The topological polar surface area (TPSA) is 50.8 Å². The molecule has 0 saturated carbocycles. The van der Waals surface area contributed by atoms with Gasteiger partial charge >= 0.3 is 0 Å². The maximum absolute atomic E-state index is 12.4. The second kappa shape index (κ2) is 8.43. The molecule has 1 amide bonds. The minimum Gasteiger partial charge on any atom is -0.497 e. The van der Waals surface area contributed by atoms with Gasteiger partial charge in [0.25, 0.3) is 0 Å². The molecule has 0 radical (unpaired) electrons. The van der Waals surface area contributed by atoms with E-state index in [1.165, 1.54) is 0 Å². The highest BCUT2D eigenvalue weighted by molar-refractivity contribution is 6.30. The summed E-state index contributed by atoms with van der Waals surface area (Å²) < 4.78 is 10.8. The van der Waals surface area contributed by atoms with Crippen LogP contribution in [0.4, 0.5) is 5.69 Å². The average Bonchev–Trinajstić information content (AvgIpc) is 3.10. The van der Waals surface area contributed by atoms with Crippen LogP contribution in [0.3, 0.4) is 0 Å². The van der Waals surface area contributed by atoms with Crippen molar-refractivity contribution in [3.63, 3.8) is 0 Å². The molecular weight excluding hydrogens is 352 g/mol. The van der Waals surface area contributed by atoms with E-state index >= 15 is 0 Å². The minimum atomic E-state index is -0.0355. The largest absolute Gasteiger partial charge is 0.497 e.